The van der Waals surface area contributed by atoms with Gasteiger partial charge in [-0.15, -0.1) is 10.2 Å². The van der Waals surface area contributed by atoms with Crippen LogP contribution < -0.4 is 0 Å². The molecule has 0 bridgehead atoms. The van der Waals surface area contributed by atoms with Crippen LogP contribution in [0.3, 0.4) is 0 Å². The van der Waals surface area contributed by atoms with Gasteiger partial charge in [0, 0.05) is 12.4 Å². The second-order valence-corrected chi connectivity index (χ2v) is 6.44. The van der Waals surface area contributed by atoms with Crippen LogP contribution in [-0.2, 0) is 0 Å². The standard InChI is InChI=1S/2C9H11N3/c1-7(2)8-3-4-9-5-10-11-12(9)6-8;1-7(2)8-3-4-12-9(5-8)6-10-11-12/h2*3-7H,1-2H3. The monoisotopic (exact) mass is 322 g/mol. The molecule has 124 valence electrons. The van der Waals surface area contributed by atoms with E-state index in [2.05, 4.69) is 66.5 Å². The molecule has 0 spiro atoms. The molecule has 4 aromatic rings. The third kappa shape index (κ3) is 3.42. The van der Waals surface area contributed by atoms with E-state index in [1.807, 2.05) is 18.5 Å². The van der Waals surface area contributed by atoms with E-state index in [4.69, 9.17) is 0 Å². The van der Waals surface area contributed by atoms with Crippen molar-refractivity contribution in [1.29, 1.82) is 0 Å². The highest BCUT2D eigenvalue weighted by Gasteiger charge is 2.01. The highest BCUT2D eigenvalue weighted by molar-refractivity contribution is 5.46. The number of pyridine rings is 2. The number of rotatable bonds is 2. The fraction of sp³-hybridized carbons (Fsp3) is 0.333. The summed E-state index contributed by atoms with van der Waals surface area (Å²) >= 11 is 0. The smallest absolute Gasteiger partial charge is 0.0867 e. The summed E-state index contributed by atoms with van der Waals surface area (Å²) in [4.78, 5) is 0. The lowest BCUT2D eigenvalue weighted by atomic mass is 10.1. The lowest BCUT2D eigenvalue weighted by molar-refractivity contribution is 0.808. The van der Waals surface area contributed by atoms with Crippen molar-refractivity contribution in [1.82, 2.24) is 29.7 Å². The molecule has 0 fully saturated rings. The van der Waals surface area contributed by atoms with Gasteiger partial charge >= 0.3 is 0 Å². The second-order valence-electron chi connectivity index (χ2n) is 6.44. The number of nitrogens with zero attached hydrogens (tertiary/aromatic N) is 6. The summed E-state index contributed by atoms with van der Waals surface area (Å²) in [6.45, 7) is 8.68. The van der Waals surface area contributed by atoms with Gasteiger partial charge in [0.25, 0.3) is 0 Å². The van der Waals surface area contributed by atoms with Crippen molar-refractivity contribution < 1.29 is 0 Å². The molecule has 4 heterocycles. The zero-order valence-corrected chi connectivity index (χ0v) is 14.5. The van der Waals surface area contributed by atoms with Crippen molar-refractivity contribution in [2.45, 2.75) is 39.5 Å². The molecule has 4 rings (SSSR count). The molecule has 0 amide bonds. The molecule has 0 aromatic carbocycles. The van der Waals surface area contributed by atoms with Gasteiger partial charge in [-0.2, -0.15) is 0 Å². The minimum atomic E-state index is 0.540. The molecule has 0 N–H and O–H groups in total. The molecule has 6 nitrogen and oxygen atoms in total. The van der Waals surface area contributed by atoms with Crippen molar-refractivity contribution in [3.05, 3.63) is 60.2 Å². The normalized spacial score (nSPS) is 11.2. The highest BCUT2D eigenvalue weighted by atomic mass is 15.4. The molecular formula is C18H22N6. The summed E-state index contributed by atoms with van der Waals surface area (Å²) in [6.07, 6.45) is 7.49. The first-order valence-corrected chi connectivity index (χ1v) is 8.14. The van der Waals surface area contributed by atoms with Crippen molar-refractivity contribution in [3.8, 4) is 0 Å². The van der Waals surface area contributed by atoms with Gasteiger partial charge in [-0.25, -0.2) is 9.03 Å². The van der Waals surface area contributed by atoms with Crippen LogP contribution in [0.25, 0.3) is 11.0 Å². The van der Waals surface area contributed by atoms with Crippen molar-refractivity contribution in [2.75, 3.05) is 0 Å². The maximum absolute atomic E-state index is 3.93. The van der Waals surface area contributed by atoms with Crippen LogP contribution in [0.15, 0.2) is 49.1 Å². The topological polar surface area (TPSA) is 60.4 Å². The molecular weight excluding hydrogens is 300 g/mol. The van der Waals surface area contributed by atoms with E-state index < -0.39 is 0 Å². The highest BCUT2D eigenvalue weighted by Crippen LogP contribution is 2.15. The SMILES string of the molecule is CC(C)c1ccc2cnnn2c1.CC(C)c1ccn2nncc2c1. The predicted octanol–water partition coefficient (Wildman–Crippen LogP) is 3.71. The second kappa shape index (κ2) is 6.78. The molecule has 6 heteroatoms. The third-order valence-electron chi connectivity index (χ3n) is 3.98. The molecule has 0 radical (unpaired) electrons. The quantitative estimate of drug-likeness (QED) is 0.564. The summed E-state index contributed by atoms with van der Waals surface area (Å²) in [5.41, 5.74) is 4.71. The zero-order valence-electron chi connectivity index (χ0n) is 14.5. The molecule has 0 aliphatic heterocycles. The maximum atomic E-state index is 3.93. The summed E-state index contributed by atoms with van der Waals surface area (Å²) in [6, 6.07) is 8.34. The van der Waals surface area contributed by atoms with Gasteiger partial charge in [-0.05, 0) is 41.2 Å². The largest absolute Gasteiger partial charge is 0.221 e. The Morgan fingerprint density at radius 1 is 0.750 bits per heavy atom. The lowest BCUT2D eigenvalue weighted by Crippen LogP contribution is -1.93. The van der Waals surface area contributed by atoms with Gasteiger partial charge in [0.05, 0.1) is 23.4 Å². The third-order valence-corrected chi connectivity index (χ3v) is 3.98. The van der Waals surface area contributed by atoms with E-state index in [0.717, 1.165) is 11.0 Å². The summed E-state index contributed by atoms with van der Waals surface area (Å²) in [7, 11) is 0. The Balaban J connectivity index is 0.000000141. The number of fused-ring (bicyclic) bond motifs is 2. The summed E-state index contributed by atoms with van der Waals surface area (Å²) in [5, 5.41) is 15.4. The van der Waals surface area contributed by atoms with E-state index in [0.29, 0.717) is 11.8 Å². The predicted molar refractivity (Wildman–Crippen MR) is 94.2 cm³/mol. The fourth-order valence-electron chi connectivity index (χ4n) is 2.38. The Labute approximate surface area is 141 Å². The van der Waals surface area contributed by atoms with Crippen LogP contribution in [0.5, 0.6) is 0 Å². The molecule has 0 unspecified atom stereocenters. The molecule has 0 atom stereocenters. The molecule has 0 saturated carbocycles. The Hall–Kier alpha value is -2.76. The van der Waals surface area contributed by atoms with Gasteiger partial charge in [0.1, 0.15) is 0 Å². The zero-order chi connectivity index (χ0) is 17.1. The Morgan fingerprint density at radius 3 is 2.12 bits per heavy atom. The van der Waals surface area contributed by atoms with Crippen LogP contribution in [0.1, 0.15) is 50.7 Å². The summed E-state index contributed by atoms with van der Waals surface area (Å²) < 4.78 is 3.57. The summed E-state index contributed by atoms with van der Waals surface area (Å²) in [5.74, 6) is 1.10. The van der Waals surface area contributed by atoms with Gasteiger partial charge in [0.2, 0.25) is 0 Å². The first kappa shape index (κ1) is 16.1. The van der Waals surface area contributed by atoms with E-state index in [-0.39, 0.29) is 0 Å². The molecule has 0 aliphatic rings. The first-order chi connectivity index (χ1) is 11.5. The molecule has 0 aliphatic carbocycles. The van der Waals surface area contributed by atoms with Crippen LogP contribution in [0, 0.1) is 0 Å². The Bertz CT molecular complexity index is 857. The van der Waals surface area contributed by atoms with Gasteiger partial charge in [-0.3, -0.25) is 0 Å². The molecule has 24 heavy (non-hydrogen) atoms. The molecule has 0 saturated heterocycles. The minimum absolute atomic E-state index is 0.540. The van der Waals surface area contributed by atoms with E-state index in [1.165, 1.54) is 11.1 Å². The average Bonchev–Trinajstić information content (AvgIpc) is 3.22. The number of hydrogen-bond donors (Lipinski definition) is 0. The van der Waals surface area contributed by atoms with Gasteiger partial charge < -0.3 is 0 Å². The Kier molecular flexibility index (Phi) is 4.55. The van der Waals surface area contributed by atoms with Crippen molar-refractivity contribution in [2.24, 2.45) is 0 Å². The average molecular weight is 322 g/mol. The van der Waals surface area contributed by atoms with Crippen molar-refractivity contribution in [3.63, 3.8) is 0 Å². The maximum Gasteiger partial charge on any atom is 0.0867 e. The van der Waals surface area contributed by atoms with Crippen LogP contribution in [-0.4, -0.2) is 29.7 Å². The van der Waals surface area contributed by atoms with Crippen molar-refractivity contribution >= 4 is 11.0 Å². The minimum Gasteiger partial charge on any atom is -0.221 e. The lowest BCUT2D eigenvalue weighted by Gasteiger charge is -2.03. The molecule has 4 aromatic heterocycles. The number of hydrogen-bond acceptors (Lipinski definition) is 4. The van der Waals surface area contributed by atoms with Gasteiger partial charge in [-0.1, -0.05) is 44.2 Å². The van der Waals surface area contributed by atoms with E-state index >= 15 is 0 Å². The Morgan fingerprint density at radius 2 is 1.42 bits per heavy atom. The van der Waals surface area contributed by atoms with Crippen LogP contribution in [0.2, 0.25) is 0 Å². The van der Waals surface area contributed by atoms with Crippen LogP contribution in [0.4, 0.5) is 0 Å². The van der Waals surface area contributed by atoms with E-state index in [1.54, 1.807) is 21.4 Å². The van der Waals surface area contributed by atoms with E-state index in [9.17, 15) is 0 Å². The first-order valence-electron chi connectivity index (χ1n) is 8.14. The van der Waals surface area contributed by atoms with Gasteiger partial charge in [0.15, 0.2) is 0 Å². The number of aromatic nitrogens is 6. The fourth-order valence-corrected chi connectivity index (χ4v) is 2.38. The van der Waals surface area contributed by atoms with Crippen LogP contribution >= 0.6 is 0 Å².